The van der Waals surface area contributed by atoms with Crippen LogP contribution in [-0.4, -0.2) is 25.5 Å². The lowest BCUT2D eigenvalue weighted by molar-refractivity contribution is -0.119. The van der Waals surface area contributed by atoms with Crippen molar-refractivity contribution in [3.8, 4) is 0 Å². The zero-order valence-corrected chi connectivity index (χ0v) is 16.9. The van der Waals surface area contributed by atoms with Gasteiger partial charge in [0.15, 0.2) is 5.82 Å². The fraction of sp³-hybridized carbons (Fsp3) is 0.278. The monoisotopic (exact) mass is 463 g/mol. The summed E-state index contributed by atoms with van der Waals surface area (Å²) >= 11 is 11.6. The molecule has 0 aliphatic carbocycles. The largest absolute Gasteiger partial charge is 0.307 e. The van der Waals surface area contributed by atoms with Gasteiger partial charge in [-0.15, -0.1) is 0 Å². The van der Waals surface area contributed by atoms with Gasteiger partial charge in [-0.25, -0.2) is 22.2 Å². The predicted molar refractivity (Wildman–Crippen MR) is 103 cm³/mol. The van der Waals surface area contributed by atoms with Crippen LogP contribution in [0.1, 0.15) is 42.8 Å². The minimum atomic E-state index is -3.19. The number of hydrogen-bond acceptors (Lipinski definition) is 3. The van der Waals surface area contributed by atoms with Crippen molar-refractivity contribution in [2.75, 3.05) is 5.32 Å². The van der Waals surface area contributed by atoms with E-state index in [1.807, 2.05) is 6.07 Å². The number of benzene rings is 1. The minimum absolute atomic E-state index is 0.153. The first-order chi connectivity index (χ1) is 14.2. The van der Waals surface area contributed by atoms with Crippen LogP contribution in [0.2, 0.25) is 10.0 Å². The fourth-order valence-corrected chi connectivity index (χ4v) is 3.26. The van der Waals surface area contributed by atoms with Gasteiger partial charge in [0.05, 0.1) is 11.6 Å². The Balaban J connectivity index is 1.75. The smallest absolute Gasteiger partial charge is 0.283 e. The van der Waals surface area contributed by atoms with Gasteiger partial charge >= 0.3 is 0 Å². The number of nitrogens with zero attached hydrogens (tertiary/aromatic N) is 4. The summed E-state index contributed by atoms with van der Waals surface area (Å²) in [5.74, 6) is -0.621. The van der Waals surface area contributed by atoms with E-state index < -0.39 is 41.2 Å². The zero-order valence-electron chi connectivity index (χ0n) is 15.4. The van der Waals surface area contributed by atoms with E-state index in [2.05, 4.69) is 15.5 Å². The molecule has 1 unspecified atom stereocenters. The highest BCUT2D eigenvalue weighted by molar-refractivity contribution is 6.32. The molecular formula is C18H15Cl2F4N5O. The zero-order chi connectivity index (χ0) is 22.0. The average Bonchev–Trinajstić information content (AvgIpc) is 3.25. The van der Waals surface area contributed by atoms with E-state index in [0.29, 0.717) is 16.2 Å². The molecule has 1 atom stereocenters. The van der Waals surface area contributed by atoms with Crippen molar-refractivity contribution in [3.05, 3.63) is 63.5 Å². The highest BCUT2D eigenvalue weighted by Gasteiger charge is 2.32. The number of aromatic nitrogens is 4. The Kier molecular flexibility index (Phi) is 6.67. The Bertz CT molecular complexity index is 1050. The Hall–Kier alpha value is -2.59. The molecule has 0 fully saturated rings. The molecule has 3 aromatic rings. The van der Waals surface area contributed by atoms with Crippen molar-refractivity contribution in [2.24, 2.45) is 0 Å². The van der Waals surface area contributed by atoms with Gasteiger partial charge in [-0.2, -0.15) is 10.2 Å². The molecule has 0 bridgehead atoms. The lowest BCUT2D eigenvalue weighted by Crippen LogP contribution is -2.26. The highest BCUT2D eigenvalue weighted by Crippen LogP contribution is 2.36. The van der Waals surface area contributed by atoms with E-state index in [0.717, 1.165) is 5.56 Å². The summed E-state index contributed by atoms with van der Waals surface area (Å²) in [7, 11) is 0. The molecule has 0 radical (unpaired) electrons. The van der Waals surface area contributed by atoms with Crippen LogP contribution in [0.4, 0.5) is 23.4 Å². The summed E-state index contributed by atoms with van der Waals surface area (Å²) in [6.45, 7) is 1.62. The standard InChI is InChI=1S/C18H15Cl2F4N5O/c1-9(29-15(17(23)24)13(20)14(27-29)16(21)22)18(30)25-12-5-6-28(26-12)8-10-3-2-4-11(19)7-10/h2-7,9,16-17H,8H2,1H3,(H,25,26,30). The molecule has 30 heavy (non-hydrogen) atoms. The second-order valence-electron chi connectivity index (χ2n) is 6.32. The second kappa shape index (κ2) is 9.05. The van der Waals surface area contributed by atoms with E-state index in [9.17, 15) is 22.4 Å². The fourth-order valence-electron chi connectivity index (χ4n) is 2.76. The van der Waals surface area contributed by atoms with Crippen LogP contribution < -0.4 is 5.32 Å². The molecule has 1 amide bonds. The SMILES string of the molecule is CC(C(=O)Nc1ccn(Cc2cccc(Cl)c2)n1)n1nc(C(F)F)c(Cl)c1C(F)F. The van der Waals surface area contributed by atoms with Gasteiger partial charge in [0.2, 0.25) is 5.91 Å². The Morgan fingerprint density at radius 3 is 2.50 bits per heavy atom. The van der Waals surface area contributed by atoms with E-state index >= 15 is 0 Å². The second-order valence-corrected chi connectivity index (χ2v) is 7.14. The maximum absolute atomic E-state index is 13.3. The lowest BCUT2D eigenvalue weighted by Gasteiger charge is -2.14. The molecule has 1 aromatic carbocycles. The number of nitrogens with one attached hydrogen (secondary N) is 1. The first kappa shape index (κ1) is 22.1. The summed E-state index contributed by atoms with van der Waals surface area (Å²) in [5.41, 5.74) is -1.07. The van der Waals surface area contributed by atoms with Crippen molar-refractivity contribution < 1.29 is 22.4 Å². The molecule has 0 saturated carbocycles. The summed E-state index contributed by atoms with van der Waals surface area (Å²) in [6, 6.07) is 7.30. The van der Waals surface area contributed by atoms with Crippen LogP contribution in [0.3, 0.4) is 0 Å². The summed E-state index contributed by atoms with van der Waals surface area (Å²) in [6.07, 6.45) is -4.75. The van der Waals surface area contributed by atoms with Crippen LogP contribution in [-0.2, 0) is 11.3 Å². The number of carbonyl (C=O) groups is 1. The molecule has 0 aliphatic rings. The first-order valence-corrected chi connectivity index (χ1v) is 9.35. The first-order valence-electron chi connectivity index (χ1n) is 8.60. The number of halogens is 6. The van der Waals surface area contributed by atoms with E-state index in [1.54, 1.807) is 24.4 Å². The molecule has 160 valence electrons. The maximum Gasteiger partial charge on any atom is 0.283 e. The Labute approximate surface area is 178 Å². The average molecular weight is 464 g/mol. The van der Waals surface area contributed by atoms with Gasteiger partial charge in [-0.3, -0.25) is 9.48 Å². The molecule has 0 saturated heterocycles. The van der Waals surface area contributed by atoms with Gasteiger partial charge in [-0.1, -0.05) is 35.3 Å². The minimum Gasteiger partial charge on any atom is -0.307 e. The van der Waals surface area contributed by atoms with Crippen LogP contribution >= 0.6 is 23.2 Å². The molecule has 12 heteroatoms. The number of rotatable bonds is 7. The molecule has 6 nitrogen and oxygen atoms in total. The van der Waals surface area contributed by atoms with Crippen molar-refractivity contribution in [2.45, 2.75) is 32.4 Å². The summed E-state index contributed by atoms with van der Waals surface area (Å²) < 4.78 is 54.6. The van der Waals surface area contributed by atoms with Crippen LogP contribution in [0.5, 0.6) is 0 Å². The van der Waals surface area contributed by atoms with Crippen molar-refractivity contribution in [3.63, 3.8) is 0 Å². The third-order valence-electron chi connectivity index (χ3n) is 4.20. The third-order valence-corrected chi connectivity index (χ3v) is 4.82. The molecule has 2 aromatic heterocycles. The van der Waals surface area contributed by atoms with E-state index in [1.165, 1.54) is 17.7 Å². The van der Waals surface area contributed by atoms with Crippen molar-refractivity contribution in [1.29, 1.82) is 0 Å². The van der Waals surface area contributed by atoms with E-state index in [4.69, 9.17) is 23.2 Å². The van der Waals surface area contributed by atoms with Gasteiger partial charge < -0.3 is 5.32 Å². The number of alkyl halides is 4. The van der Waals surface area contributed by atoms with Gasteiger partial charge in [0, 0.05) is 17.3 Å². The molecular weight excluding hydrogens is 449 g/mol. The summed E-state index contributed by atoms with van der Waals surface area (Å²) in [5, 5.41) is 9.76. The third kappa shape index (κ3) is 4.76. The number of hydrogen-bond donors (Lipinski definition) is 1. The normalized spacial score (nSPS) is 12.6. The van der Waals surface area contributed by atoms with Gasteiger partial charge in [0.25, 0.3) is 12.9 Å². The lowest BCUT2D eigenvalue weighted by atomic mass is 10.2. The van der Waals surface area contributed by atoms with Crippen LogP contribution in [0.25, 0.3) is 0 Å². The number of amides is 1. The molecule has 1 N–H and O–H groups in total. The van der Waals surface area contributed by atoms with Crippen LogP contribution in [0.15, 0.2) is 36.5 Å². The quantitative estimate of drug-likeness (QED) is 0.469. The maximum atomic E-state index is 13.3. The van der Waals surface area contributed by atoms with Gasteiger partial charge in [-0.05, 0) is 24.6 Å². The number of anilines is 1. The molecule has 0 aliphatic heterocycles. The van der Waals surface area contributed by atoms with Crippen molar-refractivity contribution in [1.82, 2.24) is 19.6 Å². The molecule has 0 spiro atoms. The van der Waals surface area contributed by atoms with Gasteiger partial charge in [0.1, 0.15) is 17.4 Å². The topological polar surface area (TPSA) is 64.7 Å². The molecule has 2 heterocycles. The number of carbonyl (C=O) groups excluding carboxylic acids is 1. The van der Waals surface area contributed by atoms with E-state index in [-0.39, 0.29) is 5.82 Å². The molecule has 3 rings (SSSR count). The van der Waals surface area contributed by atoms with Crippen molar-refractivity contribution >= 4 is 34.9 Å². The summed E-state index contributed by atoms with van der Waals surface area (Å²) in [4.78, 5) is 12.5. The van der Waals surface area contributed by atoms with Crippen LogP contribution in [0, 0.1) is 0 Å². The Morgan fingerprint density at radius 1 is 1.13 bits per heavy atom. The highest BCUT2D eigenvalue weighted by atomic mass is 35.5. The Morgan fingerprint density at radius 2 is 1.87 bits per heavy atom. The predicted octanol–water partition coefficient (Wildman–Crippen LogP) is 5.51.